The van der Waals surface area contributed by atoms with Gasteiger partial charge >= 0.3 is 7.05 Å². The number of carbonyl (C=O) groups excluding carboxylic acids is 1. The lowest BCUT2D eigenvalue weighted by Gasteiger charge is -2.29. The molecule has 3 aromatic rings. The van der Waals surface area contributed by atoms with Crippen LogP contribution in [0.15, 0.2) is 36.5 Å². The predicted octanol–water partition coefficient (Wildman–Crippen LogP) is 1.97. The Labute approximate surface area is 208 Å². The summed E-state index contributed by atoms with van der Waals surface area (Å²) < 4.78 is 89.8. The van der Waals surface area contributed by atoms with Gasteiger partial charge in [0, 0.05) is 36.2 Å². The highest BCUT2D eigenvalue weighted by atomic mass is 19.1. The van der Waals surface area contributed by atoms with Gasteiger partial charge in [-0.05, 0) is 37.8 Å². The monoisotopic (exact) mass is 469 g/mol. The minimum atomic E-state index is -3.87. The van der Waals surface area contributed by atoms with Gasteiger partial charge in [-0.25, -0.2) is 14.1 Å². The Bertz CT molecular complexity index is 1680. The van der Waals surface area contributed by atoms with Crippen LogP contribution in [0.3, 0.4) is 0 Å². The van der Waals surface area contributed by atoms with Crippen molar-refractivity contribution in [2.24, 2.45) is 0 Å². The van der Waals surface area contributed by atoms with E-state index >= 15 is 0 Å². The number of aliphatic hydroxyl groups is 1. The zero-order valence-corrected chi connectivity index (χ0v) is 17.6. The van der Waals surface area contributed by atoms with Gasteiger partial charge in [-0.1, -0.05) is 6.07 Å². The van der Waals surface area contributed by atoms with Crippen LogP contribution in [-0.2, 0) is 6.54 Å². The van der Waals surface area contributed by atoms with Gasteiger partial charge in [0.1, 0.15) is 5.82 Å². The van der Waals surface area contributed by atoms with Crippen LogP contribution < -0.4 is 4.90 Å². The Morgan fingerprint density at radius 1 is 1.32 bits per heavy atom. The summed E-state index contributed by atoms with van der Waals surface area (Å²) in [6, 6.07) is 7.84. The van der Waals surface area contributed by atoms with E-state index in [9.17, 15) is 24.6 Å². The van der Waals surface area contributed by atoms with Crippen molar-refractivity contribution in [3.63, 3.8) is 0 Å². The van der Waals surface area contributed by atoms with E-state index in [2.05, 4.69) is 10.1 Å². The first-order valence-corrected chi connectivity index (χ1v) is 10.0. The van der Waals surface area contributed by atoms with E-state index in [1.165, 1.54) is 25.0 Å². The van der Waals surface area contributed by atoms with E-state index in [4.69, 9.17) is 12.3 Å². The highest BCUT2D eigenvalue weighted by Crippen LogP contribution is 2.34. The summed E-state index contributed by atoms with van der Waals surface area (Å²) in [5.74, 6) is -2.19. The summed E-state index contributed by atoms with van der Waals surface area (Å²) in [5, 5.41) is 34.3. The van der Waals surface area contributed by atoms with Crippen molar-refractivity contribution < 1.29 is 31.7 Å². The Balaban J connectivity index is 1.74. The van der Waals surface area contributed by atoms with E-state index < -0.39 is 56.4 Å². The number of fused-ring (bicyclic) bond motifs is 1. The van der Waals surface area contributed by atoms with Crippen LogP contribution in [0.1, 0.15) is 46.7 Å². The number of hydrogen-bond acceptors (Lipinski definition) is 7. The molecule has 0 unspecified atom stereocenters. The Kier molecular flexibility index (Phi) is 3.48. The van der Waals surface area contributed by atoms with Gasteiger partial charge in [-0.3, -0.25) is 4.79 Å². The van der Waals surface area contributed by atoms with E-state index in [1.807, 2.05) is 6.07 Å². The smallest absolute Gasteiger partial charge is 0.412 e. The highest BCUT2D eigenvalue weighted by Gasteiger charge is 2.37. The van der Waals surface area contributed by atoms with Crippen molar-refractivity contribution in [2.45, 2.75) is 32.2 Å². The molecule has 2 N–H and O–H groups in total. The first-order chi connectivity index (χ1) is 19.7. The van der Waals surface area contributed by atoms with Gasteiger partial charge in [-0.15, -0.1) is 0 Å². The van der Waals surface area contributed by atoms with Crippen molar-refractivity contribution >= 4 is 18.8 Å². The number of nitrogens with zero attached hydrogens (tertiary/aromatic N) is 6. The molecule has 1 fully saturated rings. The Morgan fingerprint density at radius 2 is 2.09 bits per heavy atom. The Hall–Kier alpha value is -3.75. The first kappa shape index (κ1) is 13.8. The van der Waals surface area contributed by atoms with Crippen molar-refractivity contribution in [3.8, 4) is 23.0 Å². The van der Waals surface area contributed by atoms with Crippen molar-refractivity contribution in [3.05, 3.63) is 59.2 Å². The number of anilines is 1. The largest absolute Gasteiger partial charge is 0.432 e. The number of aromatic nitrogens is 3. The first-order valence-electron chi connectivity index (χ1n) is 14.5. The number of hydrogen-bond donors (Lipinski definition) is 2. The summed E-state index contributed by atoms with van der Waals surface area (Å²) in [7, 11) is -1.27. The number of carbonyl (C=O) groups is 1. The number of amides is 1. The van der Waals surface area contributed by atoms with Crippen LogP contribution in [0, 0.1) is 17.1 Å². The summed E-state index contributed by atoms with van der Waals surface area (Å²) >= 11 is 0. The van der Waals surface area contributed by atoms with Gasteiger partial charge in [0.15, 0.2) is 5.82 Å². The fourth-order valence-corrected chi connectivity index (χ4v) is 3.75. The molecule has 0 saturated carbocycles. The molecule has 2 aliphatic heterocycles. The average Bonchev–Trinajstić information content (AvgIpc) is 3.51. The van der Waals surface area contributed by atoms with Gasteiger partial charge in [0.2, 0.25) is 5.91 Å². The molecule has 4 heterocycles. The average molecular weight is 469 g/mol. The SMILES string of the molecule is [2H]C1([2H])N(c2ccn(-c3cc(-c4c(F)cccc4C#N)nc4c3C(=O)N(B(C)O)C4)n2)C([2H])([2H])C([2H])([2H])C([2H])(O)C1([2H])[2H]. The Morgan fingerprint density at radius 3 is 2.79 bits per heavy atom. The third kappa shape index (κ3) is 3.71. The lowest BCUT2D eigenvalue weighted by molar-refractivity contribution is 0.0860. The molecule has 2 aromatic heterocycles. The zero-order chi connectivity index (χ0) is 32.1. The van der Waals surface area contributed by atoms with Gasteiger partial charge in [-0.2, -0.15) is 10.4 Å². The number of nitriles is 1. The maximum Gasteiger partial charge on any atom is 0.412 e. The molecular formula is C23H22BFN6O3. The molecule has 0 spiro atoms. The van der Waals surface area contributed by atoms with Gasteiger partial charge in [0.05, 0.1) is 53.8 Å². The topological polar surface area (TPSA) is 119 Å². The second-order valence-electron chi connectivity index (χ2n) is 7.46. The molecule has 2 aliphatic rings. The summed E-state index contributed by atoms with van der Waals surface area (Å²) in [6.07, 6.45) is -10.1. The molecule has 0 radical (unpaired) electrons. The molecule has 172 valence electrons. The molecule has 34 heavy (non-hydrogen) atoms. The molecule has 5 rings (SSSR count). The second-order valence-corrected chi connectivity index (χ2v) is 7.46. The van der Waals surface area contributed by atoms with Crippen LogP contribution in [0.25, 0.3) is 16.9 Å². The molecule has 0 bridgehead atoms. The van der Waals surface area contributed by atoms with Crippen molar-refractivity contribution in [1.82, 2.24) is 19.6 Å². The predicted molar refractivity (Wildman–Crippen MR) is 123 cm³/mol. The number of benzene rings is 1. The normalized spacial score (nSPS) is 26.8. The van der Waals surface area contributed by atoms with Crippen LogP contribution in [0.5, 0.6) is 0 Å². The van der Waals surface area contributed by atoms with Crippen LogP contribution >= 0.6 is 0 Å². The van der Waals surface area contributed by atoms with Crippen LogP contribution in [0.4, 0.5) is 10.2 Å². The van der Waals surface area contributed by atoms with Crippen LogP contribution in [0.2, 0.25) is 6.82 Å². The molecular weight excluding hydrogens is 438 g/mol. The van der Waals surface area contributed by atoms with E-state index in [1.54, 1.807) is 0 Å². The maximum absolute atomic E-state index is 15.0. The number of rotatable bonds is 4. The summed E-state index contributed by atoms with van der Waals surface area (Å²) in [4.78, 5) is 18.8. The number of halogens is 1. The molecule has 1 saturated heterocycles. The summed E-state index contributed by atoms with van der Waals surface area (Å²) in [5.41, 5.74) is -0.533. The molecule has 9 nitrogen and oxygen atoms in total. The standard InChI is InChI=1S/C23H22BFN6O3/c1-24(34)30-13-18-22(23(30)33)19(11-17(27-18)21-14(12-26)3-2-4-16(21)25)31-10-7-20(28-31)29-8-5-15(32)6-9-29/h2-4,7,10-11,15,32,34H,5-6,8-9,13H2,1H3/i5D2,6D2,8D2,9D2,15D. The third-order valence-corrected chi connectivity index (χ3v) is 5.33. The van der Waals surface area contributed by atoms with E-state index in [0.717, 1.165) is 27.8 Å². The molecule has 11 heteroatoms. The van der Waals surface area contributed by atoms with Gasteiger partial charge in [0.25, 0.3) is 0 Å². The van der Waals surface area contributed by atoms with Crippen molar-refractivity contribution in [1.29, 1.82) is 5.26 Å². The third-order valence-electron chi connectivity index (χ3n) is 5.33. The fourth-order valence-electron chi connectivity index (χ4n) is 3.75. The summed E-state index contributed by atoms with van der Waals surface area (Å²) in [6.45, 7) is -5.97. The zero-order valence-electron chi connectivity index (χ0n) is 26.6. The van der Waals surface area contributed by atoms with E-state index in [0.29, 0.717) is 0 Å². The quantitative estimate of drug-likeness (QED) is 0.561. The molecule has 1 amide bonds. The van der Waals surface area contributed by atoms with Crippen LogP contribution in [-0.4, -0.2) is 61.7 Å². The minimum absolute atomic E-state index is 0.0381. The number of pyridine rings is 1. The van der Waals surface area contributed by atoms with Crippen molar-refractivity contribution in [2.75, 3.05) is 17.9 Å². The lowest BCUT2D eigenvalue weighted by Crippen LogP contribution is -2.37. The fraction of sp³-hybridized carbons (Fsp3) is 0.304. The maximum atomic E-state index is 15.0. The second kappa shape index (κ2) is 8.55. The molecule has 0 atom stereocenters. The number of piperidine rings is 1. The highest BCUT2D eigenvalue weighted by molar-refractivity contribution is 6.50. The molecule has 1 aromatic carbocycles. The van der Waals surface area contributed by atoms with Gasteiger partial charge < -0.3 is 19.8 Å². The lowest BCUT2D eigenvalue weighted by atomic mass is 9.85. The molecule has 0 aliphatic carbocycles. The minimum Gasteiger partial charge on any atom is -0.432 e. The van der Waals surface area contributed by atoms with E-state index in [-0.39, 0.29) is 45.2 Å².